The van der Waals surface area contributed by atoms with Crippen molar-refractivity contribution < 1.29 is 4.92 Å². The quantitative estimate of drug-likeness (QED) is 0.638. The summed E-state index contributed by atoms with van der Waals surface area (Å²) in [5.41, 5.74) is 1.91. The minimum atomic E-state index is -0.342. The van der Waals surface area contributed by atoms with Crippen LogP contribution in [-0.2, 0) is 0 Å². The second-order valence-corrected chi connectivity index (χ2v) is 5.19. The van der Waals surface area contributed by atoms with Gasteiger partial charge in [-0.05, 0) is 51.9 Å². The summed E-state index contributed by atoms with van der Waals surface area (Å²) in [6, 6.07) is 5.21. The summed E-state index contributed by atoms with van der Waals surface area (Å²) in [6.45, 7) is 5.99. The van der Waals surface area contributed by atoms with Gasteiger partial charge in [-0.1, -0.05) is 0 Å². The molecule has 18 heavy (non-hydrogen) atoms. The van der Waals surface area contributed by atoms with Gasteiger partial charge in [0.25, 0.3) is 5.69 Å². The zero-order chi connectivity index (χ0) is 13.2. The molecule has 0 atom stereocenters. The molecule has 0 amide bonds. The molecule has 2 rings (SSSR count). The van der Waals surface area contributed by atoms with Crippen LogP contribution < -0.4 is 10.6 Å². The zero-order valence-corrected chi connectivity index (χ0v) is 10.8. The SMILES string of the molecule is Cc1cc(NC2(C)CCNCC2)ccc1[N+](=O)[O-]. The third-order valence-corrected chi connectivity index (χ3v) is 3.55. The van der Waals surface area contributed by atoms with Gasteiger partial charge in [-0.2, -0.15) is 0 Å². The molecule has 1 aliphatic heterocycles. The van der Waals surface area contributed by atoms with Crippen LogP contribution in [0.5, 0.6) is 0 Å². The highest BCUT2D eigenvalue weighted by atomic mass is 16.6. The Balaban J connectivity index is 2.14. The molecular weight excluding hydrogens is 230 g/mol. The molecule has 1 aliphatic rings. The minimum absolute atomic E-state index is 0.0772. The Bertz CT molecular complexity index is 454. The van der Waals surface area contributed by atoms with Gasteiger partial charge < -0.3 is 10.6 Å². The summed E-state index contributed by atoms with van der Waals surface area (Å²) in [6.07, 6.45) is 2.12. The molecule has 0 bridgehead atoms. The molecule has 98 valence electrons. The number of nitro benzene ring substituents is 1. The van der Waals surface area contributed by atoms with E-state index in [9.17, 15) is 10.1 Å². The lowest BCUT2D eigenvalue weighted by Gasteiger charge is -2.36. The van der Waals surface area contributed by atoms with Crippen molar-refractivity contribution in [1.29, 1.82) is 0 Å². The second kappa shape index (κ2) is 4.94. The average molecular weight is 249 g/mol. The first-order valence-electron chi connectivity index (χ1n) is 6.24. The van der Waals surface area contributed by atoms with E-state index < -0.39 is 0 Å². The van der Waals surface area contributed by atoms with Crippen LogP contribution in [0.15, 0.2) is 18.2 Å². The zero-order valence-electron chi connectivity index (χ0n) is 10.8. The molecule has 1 saturated heterocycles. The molecule has 0 spiro atoms. The Hall–Kier alpha value is -1.62. The number of benzene rings is 1. The monoisotopic (exact) mass is 249 g/mol. The van der Waals surface area contributed by atoms with Crippen molar-refractivity contribution in [1.82, 2.24) is 5.32 Å². The van der Waals surface area contributed by atoms with E-state index in [1.54, 1.807) is 19.1 Å². The standard InChI is InChI=1S/C13H19N3O2/c1-10-9-11(3-4-12(10)16(17)18)15-13(2)5-7-14-8-6-13/h3-4,9,14-15H,5-8H2,1-2H3. The number of hydrogen-bond acceptors (Lipinski definition) is 4. The Morgan fingerprint density at radius 2 is 2.06 bits per heavy atom. The van der Waals surface area contributed by atoms with Gasteiger partial charge in [0.15, 0.2) is 0 Å². The third kappa shape index (κ3) is 2.79. The first kappa shape index (κ1) is 12.8. The number of piperidine rings is 1. The lowest BCUT2D eigenvalue weighted by atomic mass is 9.90. The summed E-state index contributed by atoms with van der Waals surface area (Å²) in [7, 11) is 0. The molecule has 5 heteroatoms. The Morgan fingerprint density at radius 1 is 1.39 bits per heavy atom. The first-order valence-corrected chi connectivity index (χ1v) is 6.24. The summed E-state index contributed by atoms with van der Waals surface area (Å²) in [5.74, 6) is 0. The van der Waals surface area contributed by atoms with E-state index in [0.717, 1.165) is 31.6 Å². The van der Waals surface area contributed by atoms with Crippen molar-refractivity contribution in [2.75, 3.05) is 18.4 Å². The first-order chi connectivity index (χ1) is 8.50. The molecular formula is C13H19N3O2. The largest absolute Gasteiger partial charge is 0.380 e. The van der Waals surface area contributed by atoms with Crippen LogP contribution in [0.1, 0.15) is 25.3 Å². The fourth-order valence-electron chi connectivity index (χ4n) is 2.39. The van der Waals surface area contributed by atoms with E-state index in [0.29, 0.717) is 5.56 Å². The maximum Gasteiger partial charge on any atom is 0.272 e. The molecule has 0 aliphatic carbocycles. The summed E-state index contributed by atoms with van der Waals surface area (Å²) in [4.78, 5) is 10.4. The maximum atomic E-state index is 10.8. The number of nitrogens with one attached hydrogen (secondary N) is 2. The average Bonchev–Trinajstić information content (AvgIpc) is 2.28. The van der Waals surface area contributed by atoms with Gasteiger partial charge in [0, 0.05) is 22.9 Å². The smallest absolute Gasteiger partial charge is 0.272 e. The van der Waals surface area contributed by atoms with E-state index >= 15 is 0 Å². The lowest BCUT2D eigenvalue weighted by Crippen LogP contribution is -2.45. The van der Waals surface area contributed by atoms with Crippen molar-refractivity contribution in [2.24, 2.45) is 0 Å². The van der Waals surface area contributed by atoms with Crippen molar-refractivity contribution in [3.05, 3.63) is 33.9 Å². The van der Waals surface area contributed by atoms with E-state index in [1.807, 2.05) is 6.07 Å². The van der Waals surface area contributed by atoms with Crippen LogP contribution in [0.2, 0.25) is 0 Å². The number of hydrogen-bond donors (Lipinski definition) is 2. The van der Waals surface area contributed by atoms with Gasteiger partial charge in [0.05, 0.1) is 4.92 Å². The Morgan fingerprint density at radius 3 is 2.61 bits per heavy atom. The molecule has 5 nitrogen and oxygen atoms in total. The highest BCUT2D eigenvalue weighted by Crippen LogP contribution is 2.27. The number of nitrogens with zero attached hydrogens (tertiary/aromatic N) is 1. The lowest BCUT2D eigenvalue weighted by molar-refractivity contribution is -0.385. The number of aryl methyl sites for hydroxylation is 1. The fraction of sp³-hybridized carbons (Fsp3) is 0.538. The van der Waals surface area contributed by atoms with Crippen molar-refractivity contribution in [3.8, 4) is 0 Å². The van der Waals surface area contributed by atoms with Gasteiger partial charge >= 0.3 is 0 Å². The minimum Gasteiger partial charge on any atom is -0.380 e. The van der Waals surface area contributed by atoms with Gasteiger partial charge in [0.1, 0.15) is 0 Å². The van der Waals surface area contributed by atoms with Gasteiger partial charge in [-0.3, -0.25) is 10.1 Å². The normalized spacial score (nSPS) is 18.3. The topological polar surface area (TPSA) is 67.2 Å². The predicted octanol–water partition coefficient (Wildman–Crippen LogP) is 2.46. The molecule has 1 heterocycles. The molecule has 0 aromatic heterocycles. The van der Waals surface area contributed by atoms with Crippen LogP contribution in [-0.4, -0.2) is 23.6 Å². The Kier molecular flexibility index (Phi) is 3.52. The highest BCUT2D eigenvalue weighted by molar-refractivity contribution is 5.54. The van der Waals surface area contributed by atoms with E-state index in [-0.39, 0.29) is 16.1 Å². The van der Waals surface area contributed by atoms with Gasteiger partial charge in [-0.25, -0.2) is 0 Å². The molecule has 1 aromatic carbocycles. The van der Waals surface area contributed by atoms with E-state index in [2.05, 4.69) is 17.6 Å². The molecule has 0 saturated carbocycles. The van der Waals surface area contributed by atoms with Crippen molar-refractivity contribution in [2.45, 2.75) is 32.2 Å². The van der Waals surface area contributed by atoms with Gasteiger partial charge in [-0.15, -0.1) is 0 Å². The second-order valence-electron chi connectivity index (χ2n) is 5.19. The van der Waals surface area contributed by atoms with E-state index in [4.69, 9.17) is 0 Å². The highest BCUT2D eigenvalue weighted by Gasteiger charge is 2.26. The third-order valence-electron chi connectivity index (χ3n) is 3.55. The van der Waals surface area contributed by atoms with Crippen LogP contribution in [0.4, 0.5) is 11.4 Å². The Labute approximate surface area is 107 Å². The van der Waals surface area contributed by atoms with Gasteiger partial charge in [0.2, 0.25) is 0 Å². The molecule has 0 radical (unpaired) electrons. The van der Waals surface area contributed by atoms with E-state index in [1.165, 1.54) is 0 Å². The predicted molar refractivity (Wildman–Crippen MR) is 72.0 cm³/mol. The van der Waals surface area contributed by atoms with Crippen LogP contribution in [0.3, 0.4) is 0 Å². The number of nitro groups is 1. The molecule has 1 aromatic rings. The van der Waals surface area contributed by atoms with Crippen LogP contribution >= 0.6 is 0 Å². The molecule has 1 fully saturated rings. The van der Waals surface area contributed by atoms with Crippen molar-refractivity contribution in [3.63, 3.8) is 0 Å². The molecule has 0 unspecified atom stereocenters. The summed E-state index contributed by atoms with van der Waals surface area (Å²) in [5, 5.41) is 17.6. The number of rotatable bonds is 3. The summed E-state index contributed by atoms with van der Waals surface area (Å²) >= 11 is 0. The van der Waals surface area contributed by atoms with Crippen molar-refractivity contribution >= 4 is 11.4 Å². The number of anilines is 1. The fourth-order valence-corrected chi connectivity index (χ4v) is 2.39. The molecule has 2 N–H and O–H groups in total. The summed E-state index contributed by atoms with van der Waals surface area (Å²) < 4.78 is 0. The van der Waals surface area contributed by atoms with Crippen LogP contribution in [0, 0.1) is 17.0 Å². The maximum absolute atomic E-state index is 10.8. The van der Waals surface area contributed by atoms with Crippen LogP contribution in [0.25, 0.3) is 0 Å².